The van der Waals surface area contributed by atoms with Gasteiger partial charge in [-0.1, -0.05) is 12.1 Å². The molecule has 1 aromatic carbocycles. The molecule has 0 unspecified atom stereocenters. The number of nitrogens with two attached hydrogens (primary N) is 1. The average molecular weight is 166 g/mol. The lowest BCUT2D eigenvalue weighted by molar-refractivity contribution is -0.255. The van der Waals surface area contributed by atoms with Gasteiger partial charge in [-0.15, -0.1) is 0 Å². The van der Waals surface area contributed by atoms with Crippen LogP contribution in [0.15, 0.2) is 18.2 Å². The number of benzene rings is 1. The van der Waals surface area contributed by atoms with Gasteiger partial charge in [-0.05, 0) is 11.6 Å². The number of carboxylic acid groups (broad SMARTS) is 1. The second-order valence-corrected chi connectivity index (χ2v) is 2.36. The smallest absolute Gasteiger partial charge is 0.0716 e. The van der Waals surface area contributed by atoms with Crippen LogP contribution in [0.4, 0.5) is 5.69 Å². The van der Waals surface area contributed by atoms with E-state index in [-0.39, 0.29) is 17.9 Å². The van der Waals surface area contributed by atoms with Crippen LogP contribution in [-0.2, 0) is 6.61 Å². The van der Waals surface area contributed by atoms with Gasteiger partial charge in [0.15, 0.2) is 0 Å². The first-order valence-electron chi connectivity index (χ1n) is 3.35. The SMILES string of the molecule is Nc1cc(C(=O)[O-])ccc1CO. The summed E-state index contributed by atoms with van der Waals surface area (Å²) in [6.07, 6.45) is 0. The first-order valence-corrected chi connectivity index (χ1v) is 3.35. The highest BCUT2D eigenvalue weighted by atomic mass is 16.4. The Labute approximate surface area is 69.3 Å². The van der Waals surface area contributed by atoms with Crippen LogP contribution in [0.25, 0.3) is 0 Å². The molecule has 0 spiro atoms. The van der Waals surface area contributed by atoms with Gasteiger partial charge in [0.1, 0.15) is 0 Å². The van der Waals surface area contributed by atoms with Gasteiger partial charge in [0.25, 0.3) is 0 Å². The van der Waals surface area contributed by atoms with E-state index >= 15 is 0 Å². The van der Waals surface area contributed by atoms with E-state index in [1.54, 1.807) is 0 Å². The quantitative estimate of drug-likeness (QED) is 0.559. The molecule has 64 valence electrons. The zero-order valence-electron chi connectivity index (χ0n) is 6.28. The number of carboxylic acids is 1. The van der Waals surface area contributed by atoms with Crippen molar-refractivity contribution in [3.05, 3.63) is 29.3 Å². The monoisotopic (exact) mass is 166 g/mol. The number of hydrogen-bond acceptors (Lipinski definition) is 4. The maximum absolute atomic E-state index is 10.3. The number of aliphatic hydroxyl groups excluding tert-OH is 1. The Kier molecular flexibility index (Phi) is 2.30. The van der Waals surface area contributed by atoms with E-state index in [4.69, 9.17) is 10.8 Å². The van der Waals surface area contributed by atoms with Gasteiger partial charge in [0, 0.05) is 11.3 Å². The minimum Gasteiger partial charge on any atom is -0.545 e. The van der Waals surface area contributed by atoms with E-state index < -0.39 is 5.97 Å². The standard InChI is InChI=1S/C8H9NO3/c9-7-3-5(8(11)12)1-2-6(7)4-10/h1-3,10H,4,9H2,(H,11,12)/p-1. The summed E-state index contributed by atoms with van der Waals surface area (Å²) in [5.74, 6) is -1.27. The second kappa shape index (κ2) is 3.23. The molecular weight excluding hydrogens is 158 g/mol. The molecule has 0 fully saturated rings. The fourth-order valence-corrected chi connectivity index (χ4v) is 0.866. The average Bonchev–Trinajstić information content (AvgIpc) is 2.04. The van der Waals surface area contributed by atoms with Crippen LogP contribution in [0, 0.1) is 0 Å². The first kappa shape index (κ1) is 8.55. The van der Waals surface area contributed by atoms with Gasteiger partial charge >= 0.3 is 0 Å². The van der Waals surface area contributed by atoms with Crippen LogP contribution in [0.3, 0.4) is 0 Å². The van der Waals surface area contributed by atoms with Crippen LogP contribution in [-0.4, -0.2) is 11.1 Å². The normalized spacial score (nSPS) is 9.75. The maximum atomic E-state index is 10.3. The summed E-state index contributed by atoms with van der Waals surface area (Å²) in [6.45, 7) is -0.195. The van der Waals surface area contributed by atoms with Gasteiger partial charge in [-0.3, -0.25) is 0 Å². The summed E-state index contributed by atoms with van der Waals surface area (Å²) in [5.41, 5.74) is 6.21. The molecule has 0 amide bonds. The van der Waals surface area contributed by atoms with Crippen molar-refractivity contribution in [3.63, 3.8) is 0 Å². The van der Waals surface area contributed by atoms with Crippen molar-refractivity contribution in [2.24, 2.45) is 0 Å². The third-order valence-electron chi connectivity index (χ3n) is 1.55. The Morgan fingerprint density at radius 1 is 1.58 bits per heavy atom. The Morgan fingerprint density at radius 3 is 2.67 bits per heavy atom. The number of nitrogen functional groups attached to an aromatic ring is 1. The third-order valence-corrected chi connectivity index (χ3v) is 1.55. The number of aliphatic hydroxyl groups is 1. The number of hydrogen-bond donors (Lipinski definition) is 2. The highest BCUT2D eigenvalue weighted by Crippen LogP contribution is 2.13. The van der Waals surface area contributed by atoms with E-state index in [0.29, 0.717) is 5.56 Å². The lowest BCUT2D eigenvalue weighted by atomic mass is 10.1. The summed E-state index contributed by atoms with van der Waals surface area (Å²) in [4.78, 5) is 10.3. The zero-order chi connectivity index (χ0) is 9.14. The number of anilines is 1. The summed E-state index contributed by atoms with van der Waals surface area (Å²) in [5, 5.41) is 19.0. The Bertz CT molecular complexity index is 309. The number of aromatic carboxylic acids is 1. The fraction of sp³-hybridized carbons (Fsp3) is 0.125. The van der Waals surface area contributed by atoms with Crippen LogP contribution in [0.5, 0.6) is 0 Å². The van der Waals surface area contributed by atoms with Crippen molar-refractivity contribution in [2.45, 2.75) is 6.61 Å². The summed E-state index contributed by atoms with van der Waals surface area (Å²) in [7, 11) is 0. The molecule has 1 rings (SSSR count). The Hall–Kier alpha value is -1.55. The van der Waals surface area contributed by atoms with E-state index in [2.05, 4.69) is 0 Å². The van der Waals surface area contributed by atoms with E-state index in [0.717, 1.165) is 0 Å². The molecule has 1 aromatic rings. The molecule has 4 nitrogen and oxygen atoms in total. The lowest BCUT2D eigenvalue weighted by Gasteiger charge is -2.06. The highest BCUT2D eigenvalue weighted by Gasteiger charge is 1.99. The van der Waals surface area contributed by atoms with Crippen molar-refractivity contribution in [2.75, 3.05) is 5.73 Å². The summed E-state index contributed by atoms with van der Waals surface area (Å²) in [6, 6.07) is 4.07. The fourth-order valence-electron chi connectivity index (χ4n) is 0.866. The molecule has 3 N–H and O–H groups in total. The zero-order valence-corrected chi connectivity index (χ0v) is 6.28. The predicted molar refractivity (Wildman–Crippen MR) is 41.1 cm³/mol. The third kappa shape index (κ3) is 1.54. The van der Waals surface area contributed by atoms with Crippen LogP contribution in [0.1, 0.15) is 15.9 Å². The molecule has 0 aliphatic rings. The van der Waals surface area contributed by atoms with Gasteiger partial charge in [0.05, 0.1) is 12.6 Å². The van der Waals surface area contributed by atoms with Gasteiger partial charge in [0.2, 0.25) is 0 Å². The maximum Gasteiger partial charge on any atom is 0.0716 e. The molecule has 4 heteroatoms. The number of carbonyl (C=O) groups is 1. The highest BCUT2D eigenvalue weighted by molar-refractivity contribution is 5.87. The molecule has 0 saturated carbocycles. The van der Waals surface area contributed by atoms with Crippen molar-refractivity contribution >= 4 is 11.7 Å². The van der Waals surface area contributed by atoms with Gasteiger partial charge in [-0.25, -0.2) is 0 Å². The molecule has 12 heavy (non-hydrogen) atoms. The molecule has 0 radical (unpaired) electrons. The minimum absolute atomic E-state index is 0.0182. The minimum atomic E-state index is -1.27. The topological polar surface area (TPSA) is 86.4 Å². The van der Waals surface area contributed by atoms with Crippen molar-refractivity contribution in [1.82, 2.24) is 0 Å². The molecular formula is C8H8NO3-. The van der Waals surface area contributed by atoms with Crippen LogP contribution >= 0.6 is 0 Å². The van der Waals surface area contributed by atoms with Gasteiger partial charge < -0.3 is 20.7 Å². The number of rotatable bonds is 2. The van der Waals surface area contributed by atoms with E-state index in [1.807, 2.05) is 0 Å². The molecule has 0 aromatic heterocycles. The summed E-state index contributed by atoms with van der Waals surface area (Å²) < 4.78 is 0. The van der Waals surface area contributed by atoms with Gasteiger partial charge in [-0.2, -0.15) is 0 Å². The molecule has 0 aliphatic heterocycles. The molecule has 0 heterocycles. The lowest BCUT2D eigenvalue weighted by Crippen LogP contribution is -2.22. The second-order valence-electron chi connectivity index (χ2n) is 2.36. The molecule has 0 bridgehead atoms. The molecule has 0 saturated heterocycles. The van der Waals surface area contributed by atoms with E-state index in [1.165, 1.54) is 18.2 Å². The largest absolute Gasteiger partial charge is 0.545 e. The molecule has 0 atom stereocenters. The predicted octanol–water partition coefficient (Wildman–Crippen LogP) is -0.875. The van der Waals surface area contributed by atoms with Crippen molar-refractivity contribution < 1.29 is 15.0 Å². The van der Waals surface area contributed by atoms with Crippen LogP contribution < -0.4 is 10.8 Å². The molecule has 0 aliphatic carbocycles. The Morgan fingerprint density at radius 2 is 2.25 bits per heavy atom. The first-order chi connectivity index (χ1) is 5.65. The Balaban J connectivity index is 3.10. The van der Waals surface area contributed by atoms with E-state index in [9.17, 15) is 9.90 Å². The van der Waals surface area contributed by atoms with Crippen LogP contribution in [0.2, 0.25) is 0 Å². The number of carbonyl (C=O) groups excluding carboxylic acids is 1. The van der Waals surface area contributed by atoms with Crippen molar-refractivity contribution in [1.29, 1.82) is 0 Å². The van der Waals surface area contributed by atoms with Crippen molar-refractivity contribution in [3.8, 4) is 0 Å². The summed E-state index contributed by atoms with van der Waals surface area (Å²) >= 11 is 0.